The maximum absolute atomic E-state index is 8.23. The number of nitrogen functional groups attached to an aromatic ring is 1. The van der Waals surface area contributed by atoms with E-state index in [0.717, 1.165) is 5.56 Å². The maximum Gasteiger partial charge on any atom is 0.0912 e. The van der Waals surface area contributed by atoms with Crippen LogP contribution in [0.3, 0.4) is 0 Å². The third-order valence-electron chi connectivity index (χ3n) is 1.26. The molecule has 54 valence electrons. The zero-order chi connectivity index (χ0) is 8.10. The summed E-state index contributed by atoms with van der Waals surface area (Å²) < 4.78 is 0. The number of nitriles is 1. The molecule has 0 fully saturated rings. The topological polar surface area (TPSA) is 49.8 Å². The summed E-state index contributed by atoms with van der Waals surface area (Å²) in [5.41, 5.74) is 7.18. The molecule has 1 aromatic carbocycles. The molecule has 0 aliphatic carbocycles. The van der Waals surface area contributed by atoms with E-state index < -0.39 is 0 Å². The van der Waals surface area contributed by atoms with Crippen molar-refractivity contribution in [2.24, 2.45) is 0 Å². The molecule has 2 nitrogen and oxygen atoms in total. The molecule has 1 aromatic rings. The number of allylic oxidation sites excluding steroid dienone is 1. The molecular weight excluding hydrogens is 136 g/mol. The highest BCUT2D eigenvalue weighted by molar-refractivity contribution is 5.56. The van der Waals surface area contributed by atoms with E-state index in [1.807, 2.05) is 30.3 Å². The Balaban J connectivity index is 2.90. The average Bonchev–Trinajstić information content (AvgIpc) is 2.01. The fourth-order valence-corrected chi connectivity index (χ4v) is 0.796. The van der Waals surface area contributed by atoms with Gasteiger partial charge in [-0.15, -0.1) is 0 Å². The minimum atomic E-state index is 0.713. The minimum absolute atomic E-state index is 0.713. The first-order chi connectivity index (χ1) is 5.33. The fourth-order valence-electron chi connectivity index (χ4n) is 0.796. The first kappa shape index (κ1) is 7.36. The van der Waals surface area contributed by atoms with Gasteiger partial charge in [0.05, 0.1) is 6.07 Å². The smallest absolute Gasteiger partial charge is 0.0912 e. The highest BCUT2D eigenvalue weighted by atomic mass is 14.5. The van der Waals surface area contributed by atoms with Gasteiger partial charge in [0, 0.05) is 11.8 Å². The molecule has 0 atom stereocenters. The summed E-state index contributed by atoms with van der Waals surface area (Å²) in [5, 5.41) is 8.23. The molecule has 0 unspecified atom stereocenters. The maximum atomic E-state index is 8.23. The van der Waals surface area contributed by atoms with Gasteiger partial charge in [-0.1, -0.05) is 12.1 Å². The average molecular weight is 144 g/mol. The van der Waals surface area contributed by atoms with Gasteiger partial charge in [0.15, 0.2) is 0 Å². The van der Waals surface area contributed by atoms with Crippen LogP contribution in [0.2, 0.25) is 0 Å². The summed E-state index contributed by atoms with van der Waals surface area (Å²) in [6.07, 6.45) is 3.14. The molecule has 1 rings (SSSR count). The second-order valence-corrected chi connectivity index (χ2v) is 2.13. The summed E-state index contributed by atoms with van der Waals surface area (Å²) in [6, 6.07) is 9.28. The van der Waals surface area contributed by atoms with Gasteiger partial charge in [-0.25, -0.2) is 0 Å². The van der Waals surface area contributed by atoms with Crippen LogP contribution in [-0.4, -0.2) is 0 Å². The van der Waals surface area contributed by atoms with Crippen LogP contribution in [0.5, 0.6) is 0 Å². The van der Waals surface area contributed by atoms with E-state index in [4.69, 9.17) is 11.0 Å². The molecule has 0 amide bonds. The monoisotopic (exact) mass is 144 g/mol. The number of hydrogen-bond acceptors (Lipinski definition) is 2. The van der Waals surface area contributed by atoms with Crippen molar-refractivity contribution in [3.05, 3.63) is 35.9 Å². The molecule has 0 spiro atoms. The molecule has 0 radical (unpaired) electrons. The number of nitrogens with two attached hydrogens (primary N) is 1. The molecule has 0 heterocycles. The summed E-state index contributed by atoms with van der Waals surface area (Å²) in [7, 11) is 0. The Bertz CT molecular complexity index is 308. The third-order valence-corrected chi connectivity index (χ3v) is 1.26. The Morgan fingerprint density at radius 2 is 2.27 bits per heavy atom. The van der Waals surface area contributed by atoms with Crippen molar-refractivity contribution in [3.8, 4) is 6.07 Å². The van der Waals surface area contributed by atoms with E-state index in [2.05, 4.69) is 0 Å². The van der Waals surface area contributed by atoms with E-state index in [1.165, 1.54) is 6.08 Å². The molecule has 2 N–H and O–H groups in total. The molecule has 0 aromatic heterocycles. The number of nitrogens with zero attached hydrogens (tertiary/aromatic N) is 1. The third kappa shape index (κ3) is 2.15. The number of hydrogen-bond donors (Lipinski definition) is 1. The first-order valence-corrected chi connectivity index (χ1v) is 3.24. The van der Waals surface area contributed by atoms with Crippen molar-refractivity contribution < 1.29 is 0 Å². The summed E-state index contributed by atoms with van der Waals surface area (Å²) in [6.45, 7) is 0. The van der Waals surface area contributed by atoms with Crippen molar-refractivity contribution in [2.45, 2.75) is 0 Å². The zero-order valence-electron chi connectivity index (χ0n) is 5.99. The first-order valence-electron chi connectivity index (χ1n) is 3.24. The lowest BCUT2D eigenvalue weighted by Crippen LogP contribution is -1.83. The molecule has 0 aliphatic heterocycles. The summed E-state index contributed by atoms with van der Waals surface area (Å²) >= 11 is 0. The Morgan fingerprint density at radius 3 is 2.91 bits per heavy atom. The highest BCUT2D eigenvalue weighted by Gasteiger charge is 1.85. The van der Waals surface area contributed by atoms with Crippen LogP contribution in [0.4, 0.5) is 5.69 Å². The second kappa shape index (κ2) is 3.43. The van der Waals surface area contributed by atoms with Gasteiger partial charge in [-0.05, 0) is 23.8 Å². The van der Waals surface area contributed by atoms with Crippen LogP contribution in [0.15, 0.2) is 30.3 Å². The second-order valence-electron chi connectivity index (χ2n) is 2.13. The summed E-state index contributed by atoms with van der Waals surface area (Å²) in [4.78, 5) is 0. The normalized spacial score (nSPS) is 9.73. The lowest BCUT2D eigenvalue weighted by Gasteiger charge is -1.93. The molecule has 0 bridgehead atoms. The van der Waals surface area contributed by atoms with E-state index in [1.54, 1.807) is 6.08 Å². The number of rotatable bonds is 1. The standard InChI is InChI=1S/C9H8N2/c10-6-2-4-8-3-1-5-9(11)7-8/h1-5,7H,11H2. The van der Waals surface area contributed by atoms with Crippen LogP contribution < -0.4 is 5.73 Å². The van der Waals surface area contributed by atoms with Gasteiger partial charge in [0.25, 0.3) is 0 Å². The lowest BCUT2D eigenvalue weighted by molar-refractivity contribution is 1.53. The van der Waals surface area contributed by atoms with Gasteiger partial charge >= 0.3 is 0 Å². The summed E-state index contributed by atoms with van der Waals surface area (Å²) in [5.74, 6) is 0. The molecular formula is C9H8N2. The zero-order valence-corrected chi connectivity index (χ0v) is 5.99. The molecule has 11 heavy (non-hydrogen) atoms. The molecule has 0 saturated heterocycles. The minimum Gasteiger partial charge on any atom is -0.399 e. The van der Waals surface area contributed by atoms with Crippen LogP contribution in [-0.2, 0) is 0 Å². The largest absolute Gasteiger partial charge is 0.399 e. The number of benzene rings is 1. The van der Waals surface area contributed by atoms with E-state index in [-0.39, 0.29) is 0 Å². The Hall–Kier alpha value is -1.75. The van der Waals surface area contributed by atoms with Crippen molar-refractivity contribution in [3.63, 3.8) is 0 Å². The van der Waals surface area contributed by atoms with Gasteiger partial charge in [0.1, 0.15) is 0 Å². The Morgan fingerprint density at radius 1 is 1.45 bits per heavy atom. The van der Waals surface area contributed by atoms with Crippen LogP contribution in [0, 0.1) is 11.3 Å². The molecule has 0 saturated carbocycles. The van der Waals surface area contributed by atoms with Crippen molar-refractivity contribution >= 4 is 11.8 Å². The van der Waals surface area contributed by atoms with Crippen molar-refractivity contribution in [2.75, 3.05) is 5.73 Å². The van der Waals surface area contributed by atoms with Gasteiger partial charge in [-0.2, -0.15) is 5.26 Å². The Labute approximate surface area is 65.6 Å². The van der Waals surface area contributed by atoms with Crippen LogP contribution in [0.25, 0.3) is 6.08 Å². The molecule has 2 heteroatoms. The van der Waals surface area contributed by atoms with Gasteiger partial charge < -0.3 is 5.73 Å². The Kier molecular flexibility index (Phi) is 2.29. The SMILES string of the molecule is N#CC=Cc1cccc(N)c1. The van der Waals surface area contributed by atoms with Crippen LogP contribution >= 0.6 is 0 Å². The predicted molar refractivity (Wildman–Crippen MR) is 45.5 cm³/mol. The van der Waals surface area contributed by atoms with Crippen molar-refractivity contribution in [1.82, 2.24) is 0 Å². The van der Waals surface area contributed by atoms with Crippen molar-refractivity contribution in [1.29, 1.82) is 5.26 Å². The van der Waals surface area contributed by atoms with Crippen LogP contribution in [0.1, 0.15) is 5.56 Å². The predicted octanol–water partition coefficient (Wildman–Crippen LogP) is 1.81. The fraction of sp³-hybridized carbons (Fsp3) is 0. The van der Waals surface area contributed by atoms with E-state index >= 15 is 0 Å². The highest BCUT2D eigenvalue weighted by Crippen LogP contribution is 2.07. The lowest BCUT2D eigenvalue weighted by atomic mass is 10.2. The van der Waals surface area contributed by atoms with E-state index in [9.17, 15) is 0 Å². The number of anilines is 1. The quantitative estimate of drug-likeness (QED) is 0.482. The molecule has 0 aliphatic rings. The van der Waals surface area contributed by atoms with Gasteiger partial charge in [0.2, 0.25) is 0 Å². The van der Waals surface area contributed by atoms with Gasteiger partial charge in [-0.3, -0.25) is 0 Å². The van der Waals surface area contributed by atoms with E-state index in [0.29, 0.717) is 5.69 Å².